The van der Waals surface area contributed by atoms with Crippen molar-refractivity contribution in [3.8, 4) is 0 Å². The van der Waals surface area contributed by atoms with Crippen LogP contribution in [0.25, 0.3) is 10.9 Å². The first kappa shape index (κ1) is 17.9. The van der Waals surface area contributed by atoms with E-state index < -0.39 is 6.10 Å². The average Bonchev–Trinajstić information content (AvgIpc) is 2.72. The third-order valence-electron chi connectivity index (χ3n) is 4.30. The summed E-state index contributed by atoms with van der Waals surface area (Å²) in [6.07, 6.45) is -0.646. The molecule has 0 unspecified atom stereocenters. The summed E-state index contributed by atoms with van der Waals surface area (Å²) in [5.41, 5.74) is 2.91. The Morgan fingerprint density at radius 1 is 1.17 bits per heavy atom. The molecule has 6 heteroatoms. The molecular formula is C17H25FN2O3. The summed E-state index contributed by atoms with van der Waals surface area (Å²) in [7, 11) is 0. The minimum atomic E-state index is -0.646. The number of nitrogens with zero attached hydrogens (tertiary/aromatic N) is 2. The summed E-state index contributed by atoms with van der Waals surface area (Å²) in [5, 5.41) is 29.3. The molecule has 2 aromatic rings. The van der Waals surface area contributed by atoms with Gasteiger partial charge in [-0.15, -0.1) is 0 Å². The molecular weight excluding hydrogens is 299 g/mol. The van der Waals surface area contributed by atoms with Gasteiger partial charge in [0.15, 0.2) is 0 Å². The second kappa shape index (κ2) is 7.88. The maximum absolute atomic E-state index is 13.4. The number of hydrogen-bond acceptors (Lipinski definition) is 4. The molecule has 1 heterocycles. The Balaban J connectivity index is 2.19. The Kier molecular flexibility index (Phi) is 6.12. The van der Waals surface area contributed by atoms with Crippen LogP contribution in [0.3, 0.4) is 0 Å². The summed E-state index contributed by atoms with van der Waals surface area (Å²) in [5.74, 6) is -0.268. The van der Waals surface area contributed by atoms with Gasteiger partial charge in [-0.2, -0.15) is 0 Å². The number of benzene rings is 1. The number of halogens is 1. The van der Waals surface area contributed by atoms with E-state index >= 15 is 0 Å². The lowest BCUT2D eigenvalue weighted by molar-refractivity contribution is 0.0777. The molecule has 1 aromatic heterocycles. The van der Waals surface area contributed by atoms with Crippen molar-refractivity contribution in [3.63, 3.8) is 0 Å². The third kappa shape index (κ3) is 4.09. The zero-order valence-corrected chi connectivity index (χ0v) is 13.7. The summed E-state index contributed by atoms with van der Waals surface area (Å²) in [6, 6.07) is 4.68. The molecule has 0 spiro atoms. The molecule has 0 aliphatic rings. The molecule has 0 fully saturated rings. The molecule has 0 bridgehead atoms. The van der Waals surface area contributed by atoms with Crippen LogP contribution < -0.4 is 0 Å². The van der Waals surface area contributed by atoms with E-state index in [1.807, 2.05) is 23.3 Å². The van der Waals surface area contributed by atoms with Gasteiger partial charge in [0.25, 0.3) is 0 Å². The topological polar surface area (TPSA) is 68.9 Å². The Bertz CT molecular complexity index is 651. The van der Waals surface area contributed by atoms with Gasteiger partial charge in [-0.1, -0.05) is 0 Å². The fourth-order valence-corrected chi connectivity index (χ4v) is 3.00. The lowest BCUT2D eigenvalue weighted by atomic mass is 10.1. The van der Waals surface area contributed by atoms with Crippen LogP contribution >= 0.6 is 0 Å². The number of fused-ring (bicyclic) bond motifs is 1. The van der Waals surface area contributed by atoms with Gasteiger partial charge >= 0.3 is 0 Å². The van der Waals surface area contributed by atoms with Gasteiger partial charge in [-0.3, -0.25) is 4.90 Å². The molecule has 0 radical (unpaired) electrons. The summed E-state index contributed by atoms with van der Waals surface area (Å²) in [6.45, 7) is 5.44. The second-order valence-electron chi connectivity index (χ2n) is 5.88. The molecule has 1 aromatic carbocycles. The first-order valence-electron chi connectivity index (χ1n) is 7.85. The van der Waals surface area contributed by atoms with E-state index in [9.17, 15) is 9.50 Å². The van der Waals surface area contributed by atoms with Gasteiger partial charge in [0, 0.05) is 36.2 Å². The van der Waals surface area contributed by atoms with Crippen LogP contribution in [0.5, 0.6) is 0 Å². The van der Waals surface area contributed by atoms with Gasteiger partial charge < -0.3 is 19.9 Å². The fourth-order valence-electron chi connectivity index (χ4n) is 3.00. The van der Waals surface area contributed by atoms with E-state index in [0.29, 0.717) is 26.2 Å². The van der Waals surface area contributed by atoms with Crippen molar-refractivity contribution >= 4 is 10.9 Å². The lowest BCUT2D eigenvalue weighted by Crippen LogP contribution is -2.38. The number of aliphatic hydroxyl groups excluding tert-OH is 3. The highest BCUT2D eigenvalue weighted by atomic mass is 19.1. The van der Waals surface area contributed by atoms with E-state index in [-0.39, 0.29) is 19.0 Å². The predicted octanol–water partition coefficient (Wildman–Crippen LogP) is 1.04. The highest BCUT2D eigenvalue weighted by Gasteiger charge is 2.16. The van der Waals surface area contributed by atoms with Gasteiger partial charge in [-0.25, -0.2) is 4.39 Å². The molecule has 2 rings (SSSR count). The van der Waals surface area contributed by atoms with E-state index in [1.54, 1.807) is 6.07 Å². The summed E-state index contributed by atoms with van der Waals surface area (Å²) >= 11 is 0. The number of rotatable bonds is 8. The van der Waals surface area contributed by atoms with Gasteiger partial charge in [0.05, 0.1) is 25.9 Å². The van der Waals surface area contributed by atoms with Gasteiger partial charge in [-0.05, 0) is 37.6 Å². The van der Waals surface area contributed by atoms with Crippen molar-refractivity contribution in [1.29, 1.82) is 0 Å². The number of aliphatic hydroxyl groups is 3. The molecule has 3 N–H and O–H groups in total. The number of aromatic nitrogens is 1. The van der Waals surface area contributed by atoms with Crippen LogP contribution in [0.2, 0.25) is 0 Å². The molecule has 5 nitrogen and oxygen atoms in total. The largest absolute Gasteiger partial charge is 0.395 e. The number of hydrogen-bond donors (Lipinski definition) is 3. The maximum Gasteiger partial charge on any atom is 0.123 e. The van der Waals surface area contributed by atoms with E-state index in [4.69, 9.17) is 10.2 Å². The zero-order chi connectivity index (χ0) is 17.0. The van der Waals surface area contributed by atoms with E-state index in [0.717, 1.165) is 22.2 Å². The highest BCUT2D eigenvalue weighted by molar-refractivity contribution is 5.85. The Labute approximate surface area is 135 Å². The van der Waals surface area contributed by atoms with E-state index in [2.05, 4.69) is 0 Å². The summed E-state index contributed by atoms with van der Waals surface area (Å²) < 4.78 is 15.4. The quantitative estimate of drug-likeness (QED) is 0.679. The molecule has 128 valence electrons. The minimum Gasteiger partial charge on any atom is -0.395 e. The smallest absolute Gasteiger partial charge is 0.123 e. The molecule has 0 saturated carbocycles. The summed E-state index contributed by atoms with van der Waals surface area (Å²) in [4.78, 5) is 1.82. The van der Waals surface area contributed by atoms with Crippen LogP contribution in [0, 0.1) is 19.7 Å². The van der Waals surface area contributed by atoms with Crippen LogP contribution in [0.1, 0.15) is 11.3 Å². The highest BCUT2D eigenvalue weighted by Crippen LogP contribution is 2.26. The lowest BCUT2D eigenvalue weighted by Gasteiger charge is -2.24. The number of aryl methyl sites for hydroxylation is 1. The first-order valence-corrected chi connectivity index (χ1v) is 7.85. The third-order valence-corrected chi connectivity index (χ3v) is 4.30. The monoisotopic (exact) mass is 324 g/mol. The Morgan fingerprint density at radius 3 is 2.43 bits per heavy atom. The van der Waals surface area contributed by atoms with Crippen molar-refractivity contribution in [2.45, 2.75) is 26.5 Å². The molecule has 0 aliphatic heterocycles. The average molecular weight is 324 g/mol. The van der Waals surface area contributed by atoms with Gasteiger partial charge in [0.2, 0.25) is 0 Å². The van der Waals surface area contributed by atoms with E-state index in [1.165, 1.54) is 12.1 Å². The minimum absolute atomic E-state index is 0.0173. The molecule has 1 atom stereocenters. The normalized spacial score (nSPS) is 13.2. The predicted molar refractivity (Wildman–Crippen MR) is 88.0 cm³/mol. The van der Waals surface area contributed by atoms with Crippen molar-refractivity contribution in [2.24, 2.45) is 0 Å². The van der Waals surface area contributed by atoms with Crippen molar-refractivity contribution in [1.82, 2.24) is 9.47 Å². The van der Waals surface area contributed by atoms with Crippen LogP contribution in [-0.2, 0) is 6.54 Å². The molecule has 0 saturated heterocycles. The standard InChI is InChI=1S/C17H25FN2O3/c1-12-13(2)20(17-4-3-14(18)9-16(12)17)11-15(23)10-19(5-7-21)6-8-22/h3-4,9,15,21-23H,5-8,10-11H2,1-2H3/t15-/m0/s1. The SMILES string of the molecule is Cc1c(C)n(C[C@@H](O)CN(CCO)CCO)c2ccc(F)cc12. The van der Waals surface area contributed by atoms with Crippen LogP contribution in [-0.4, -0.2) is 63.7 Å². The molecule has 0 amide bonds. The van der Waals surface area contributed by atoms with Crippen molar-refractivity contribution < 1.29 is 19.7 Å². The fraction of sp³-hybridized carbons (Fsp3) is 0.529. The first-order chi connectivity index (χ1) is 11.0. The van der Waals surface area contributed by atoms with Crippen molar-refractivity contribution in [3.05, 3.63) is 35.3 Å². The Morgan fingerprint density at radius 2 is 1.83 bits per heavy atom. The zero-order valence-electron chi connectivity index (χ0n) is 13.7. The molecule has 23 heavy (non-hydrogen) atoms. The van der Waals surface area contributed by atoms with Gasteiger partial charge in [0.1, 0.15) is 5.82 Å². The van der Waals surface area contributed by atoms with Crippen LogP contribution in [0.15, 0.2) is 18.2 Å². The second-order valence-corrected chi connectivity index (χ2v) is 5.88. The maximum atomic E-state index is 13.4. The Hall–Kier alpha value is -1.47. The molecule has 0 aliphatic carbocycles. The van der Waals surface area contributed by atoms with Crippen LogP contribution in [0.4, 0.5) is 4.39 Å². The van der Waals surface area contributed by atoms with Crippen molar-refractivity contribution in [2.75, 3.05) is 32.8 Å².